The number of hydrogen-bond donors (Lipinski definition) is 2. The van der Waals surface area contributed by atoms with Crippen molar-refractivity contribution in [1.82, 2.24) is 15.5 Å². The SMILES string of the molecule is CN1C(c2ccccc2)N=C(C2C=CC=CC2)NC1c1cccc2c1C=CC1C(C3=NC(c4ccccc4)N=C(c4ccccc4)N3)=CC=CC21. The van der Waals surface area contributed by atoms with Crippen LogP contribution in [-0.4, -0.2) is 29.5 Å². The largest absolute Gasteiger partial charge is 0.354 e. The Bertz CT molecular complexity index is 2170. The van der Waals surface area contributed by atoms with Gasteiger partial charge in [-0.2, -0.15) is 0 Å². The van der Waals surface area contributed by atoms with E-state index in [0.29, 0.717) is 0 Å². The van der Waals surface area contributed by atoms with Gasteiger partial charge in [-0.15, -0.1) is 0 Å². The molecule has 2 N–H and O–H groups in total. The molecule has 6 heteroatoms. The number of fused-ring (bicyclic) bond motifs is 3. The van der Waals surface area contributed by atoms with E-state index in [9.17, 15) is 0 Å². The highest BCUT2D eigenvalue weighted by Crippen LogP contribution is 2.45. The van der Waals surface area contributed by atoms with Gasteiger partial charge in [-0.05, 0) is 41.3 Å². The molecule has 0 saturated heterocycles. The summed E-state index contributed by atoms with van der Waals surface area (Å²) in [7, 11) is 2.18. The van der Waals surface area contributed by atoms with E-state index in [1.807, 2.05) is 12.1 Å². The van der Waals surface area contributed by atoms with E-state index < -0.39 is 0 Å². The van der Waals surface area contributed by atoms with Gasteiger partial charge in [-0.1, -0.05) is 164 Å². The van der Waals surface area contributed by atoms with Crippen LogP contribution in [0.3, 0.4) is 0 Å². The van der Waals surface area contributed by atoms with E-state index in [2.05, 4.69) is 174 Å². The molecule has 6 unspecified atom stereocenters. The molecule has 0 saturated carbocycles. The lowest BCUT2D eigenvalue weighted by Crippen LogP contribution is -2.48. The van der Waals surface area contributed by atoms with Gasteiger partial charge in [-0.3, -0.25) is 4.90 Å². The minimum absolute atomic E-state index is 0.0543. The van der Waals surface area contributed by atoms with E-state index in [1.165, 1.54) is 27.8 Å². The fourth-order valence-electron chi connectivity index (χ4n) is 7.96. The predicted octanol–water partition coefficient (Wildman–Crippen LogP) is 8.82. The molecule has 0 spiro atoms. The Morgan fingerprint density at radius 3 is 2.14 bits per heavy atom. The molecule has 5 aliphatic rings. The summed E-state index contributed by atoms with van der Waals surface area (Å²) in [6, 6.07) is 38.2. The molecule has 250 valence electrons. The first kappa shape index (κ1) is 31.2. The number of amidine groups is 3. The molecule has 51 heavy (non-hydrogen) atoms. The number of nitrogens with zero attached hydrogens (tertiary/aromatic N) is 4. The molecule has 6 atom stereocenters. The minimum Gasteiger partial charge on any atom is -0.354 e. The summed E-state index contributed by atoms with van der Waals surface area (Å²) in [5, 5.41) is 7.54. The number of nitrogens with one attached hydrogen (secondary N) is 2. The van der Waals surface area contributed by atoms with Gasteiger partial charge in [0.2, 0.25) is 0 Å². The number of rotatable bonds is 6. The van der Waals surface area contributed by atoms with Gasteiger partial charge in [0.05, 0.1) is 0 Å². The molecule has 0 fully saturated rings. The molecular weight excluding hydrogens is 625 g/mol. The highest BCUT2D eigenvalue weighted by Gasteiger charge is 2.38. The molecule has 4 aromatic carbocycles. The van der Waals surface area contributed by atoms with Gasteiger partial charge in [0.25, 0.3) is 0 Å². The predicted molar refractivity (Wildman–Crippen MR) is 208 cm³/mol. The monoisotopic (exact) mass is 664 g/mol. The van der Waals surface area contributed by atoms with Crippen LogP contribution in [0.25, 0.3) is 6.08 Å². The summed E-state index contributed by atoms with van der Waals surface area (Å²) in [6.45, 7) is 0. The van der Waals surface area contributed by atoms with Gasteiger partial charge < -0.3 is 10.6 Å². The summed E-state index contributed by atoms with van der Waals surface area (Å²) in [6.07, 6.45) is 20.7. The Morgan fingerprint density at radius 1 is 0.647 bits per heavy atom. The van der Waals surface area contributed by atoms with E-state index in [-0.39, 0.29) is 36.3 Å². The normalized spacial score (nSPS) is 26.5. The van der Waals surface area contributed by atoms with Crippen LogP contribution in [0.4, 0.5) is 0 Å². The second-order valence-corrected chi connectivity index (χ2v) is 13.7. The highest BCUT2D eigenvalue weighted by molar-refractivity contribution is 6.16. The molecule has 0 aromatic heterocycles. The number of allylic oxidation sites excluding steroid dienone is 7. The maximum Gasteiger partial charge on any atom is 0.169 e. The summed E-state index contributed by atoms with van der Waals surface area (Å²) in [5.74, 6) is 3.26. The third kappa shape index (κ3) is 5.92. The Kier molecular flexibility index (Phi) is 8.22. The summed E-state index contributed by atoms with van der Waals surface area (Å²) < 4.78 is 0. The molecule has 4 aromatic rings. The Morgan fingerprint density at radius 2 is 1.37 bits per heavy atom. The van der Waals surface area contributed by atoms with Gasteiger partial charge >= 0.3 is 0 Å². The van der Waals surface area contributed by atoms with E-state index in [4.69, 9.17) is 15.0 Å². The molecule has 9 rings (SSSR count). The second kappa shape index (κ2) is 13.5. The van der Waals surface area contributed by atoms with Crippen LogP contribution in [0.1, 0.15) is 64.2 Å². The van der Waals surface area contributed by atoms with Crippen molar-refractivity contribution in [3.63, 3.8) is 0 Å². The third-order valence-corrected chi connectivity index (χ3v) is 10.6. The van der Waals surface area contributed by atoms with Gasteiger partial charge in [0.15, 0.2) is 6.17 Å². The maximum atomic E-state index is 5.31. The quantitative estimate of drug-likeness (QED) is 0.217. The first-order valence-corrected chi connectivity index (χ1v) is 17.9. The third-order valence-electron chi connectivity index (χ3n) is 10.6. The van der Waals surface area contributed by atoms with E-state index >= 15 is 0 Å². The average molecular weight is 665 g/mol. The van der Waals surface area contributed by atoms with Crippen LogP contribution >= 0.6 is 0 Å². The van der Waals surface area contributed by atoms with Crippen LogP contribution in [-0.2, 0) is 0 Å². The Hall–Kier alpha value is -5.85. The maximum absolute atomic E-state index is 5.31. The fraction of sp³-hybridized carbons (Fsp3) is 0.178. The average Bonchev–Trinajstić information content (AvgIpc) is 3.21. The van der Waals surface area contributed by atoms with Crippen LogP contribution in [0, 0.1) is 11.8 Å². The van der Waals surface area contributed by atoms with E-state index in [0.717, 1.165) is 35.1 Å². The topological polar surface area (TPSA) is 64.4 Å². The van der Waals surface area contributed by atoms with Crippen molar-refractivity contribution < 1.29 is 0 Å². The van der Waals surface area contributed by atoms with Gasteiger partial charge in [0.1, 0.15) is 29.8 Å². The lowest BCUT2D eigenvalue weighted by atomic mass is 9.72. The lowest BCUT2D eigenvalue weighted by Gasteiger charge is -2.42. The smallest absolute Gasteiger partial charge is 0.169 e. The van der Waals surface area contributed by atoms with Crippen molar-refractivity contribution in [2.45, 2.75) is 30.8 Å². The molecule has 2 aliphatic heterocycles. The Labute approximate surface area is 299 Å². The molecule has 2 heterocycles. The first-order chi connectivity index (χ1) is 25.2. The van der Waals surface area contributed by atoms with Crippen LogP contribution in [0.15, 0.2) is 178 Å². The molecule has 3 aliphatic carbocycles. The zero-order valence-electron chi connectivity index (χ0n) is 28.5. The number of aliphatic imine (C=N–C) groups is 3. The van der Waals surface area contributed by atoms with Crippen molar-refractivity contribution in [3.8, 4) is 0 Å². The summed E-state index contributed by atoms with van der Waals surface area (Å²) in [5.41, 5.74) is 8.33. The first-order valence-electron chi connectivity index (χ1n) is 17.9. The van der Waals surface area contributed by atoms with Crippen molar-refractivity contribution >= 4 is 23.6 Å². The molecule has 6 nitrogen and oxygen atoms in total. The van der Waals surface area contributed by atoms with Crippen LogP contribution < -0.4 is 10.6 Å². The van der Waals surface area contributed by atoms with Crippen LogP contribution in [0.2, 0.25) is 0 Å². The number of hydrogen-bond acceptors (Lipinski definition) is 6. The standard InChI is InChI=1S/C45H40N6/c1-51-44(33-22-12-5-13-23-33)49-42(32-20-10-4-11-21-32)50-45(51)39-27-15-25-35-34-24-14-26-38(36(34)28-29-37(35)39)43-47-40(30-16-6-2-7-17-30)46-41(48-43)31-18-8-3-9-19-31/h2-20,22-29,32,34,36,40,44-45H,21H2,1H3,(H,49,50)(H,46,47,48). The summed E-state index contributed by atoms with van der Waals surface area (Å²) >= 11 is 0. The molecular formula is C45H40N6. The molecule has 0 amide bonds. The zero-order valence-corrected chi connectivity index (χ0v) is 28.5. The van der Waals surface area contributed by atoms with Crippen LogP contribution in [0.5, 0.6) is 0 Å². The molecule has 0 radical (unpaired) electrons. The second-order valence-electron chi connectivity index (χ2n) is 13.7. The fourth-order valence-corrected chi connectivity index (χ4v) is 7.96. The van der Waals surface area contributed by atoms with Gasteiger partial charge in [0, 0.05) is 28.9 Å². The number of benzene rings is 4. The minimum atomic E-state index is -0.329. The van der Waals surface area contributed by atoms with Crippen molar-refractivity contribution in [3.05, 3.63) is 197 Å². The van der Waals surface area contributed by atoms with Crippen molar-refractivity contribution in [2.24, 2.45) is 26.8 Å². The Balaban J connectivity index is 1.06. The van der Waals surface area contributed by atoms with Crippen molar-refractivity contribution in [2.75, 3.05) is 7.05 Å². The van der Waals surface area contributed by atoms with E-state index in [1.54, 1.807) is 0 Å². The molecule has 0 bridgehead atoms. The van der Waals surface area contributed by atoms with Gasteiger partial charge in [-0.25, -0.2) is 15.0 Å². The van der Waals surface area contributed by atoms with Crippen molar-refractivity contribution in [1.29, 1.82) is 0 Å². The zero-order chi connectivity index (χ0) is 34.1. The lowest BCUT2D eigenvalue weighted by molar-refractivity contribution is 0.149. The summed E-state index contributed by atoms with van der Waals surface area (Å²) in [4.78, 5) is 18.0. The highest BCUT2D eigenvalue weighted by atomic mass is 15.4.